The first-order valence-corrected chi connectivity index (χ1v) is 14.1. The van der Waals surface area contributed by atoms with E-state index in [0.29, 0.717) is 5.95 Å². The molecule has 0 unspecified atom stereocenters. The monoisotopic (exact) mass is 537 g/mol. The lowest BCUT2D eigenvalue weighted by molar-refractivity contribution is 0.487. The molecule has 196 valence electrons. The Kier molecular flexibility index (Phi) is 4.87. The van der Waals surface area contributed by atoms with E-state index in [2.05, 4.69) is 108 Å². The lowest BCUT2D eigenvalue weighted by atomic mass is 9.92. The van der Waals surface area contributed by atoms with Crippen molar-refractivity contribution >= 4 is 32.6 Å². The lowest BCUT2D eigenvalue weighted by Gasteiger charge is -2.22. The number of benzene rings is 6. The van der Waals surface area contributed by atoms with Gasteiger partial charge in [-0.05, 0) is 64.0 Å². The van der Waals surface area contributed by atoms with Crippen molar-refractivity contribution in [2.45, 2.75) is 0 Å². The van der Waals surface area contributed by atoms with Gasteiger partial charge < -0.3 is 4.74 Å². The van der Waals surface area contributed by atoms with Crippen LogP contribution >= 0.6 is 0 Å². The molecule has 6 aromatic carbocycles. The summed E-state index contributed by atoms with van der Waals surface area (Å²) in [6.45, 7) is 0. The third-order valence-corrected chi connectivity index (χ3v) is 8.31. The molecule has 0 saturated carbocycles. The van der Waals surface area contributed by atoms with E-state index in [1.807, 2.05) is 36.7 Å². The van der Waals surface area contributed by atoms with E-state index >= 15 is 0 Å². The minimum absolute atomic E-state index is 0.659. The molecule has 1 aliphatic heterocycles. The molecule has 3 heterocycles. The second kappa shape index (κ2) is 8.88. The minimum atomic E-state index is 0.659. The fourth-order valence-corrected chi connectivity index (χ4v) is 6.33. The number of ether oxygens (including phenoxy) is 1. The second-order valence-corrected chi connectivity index (χ2v) is 10.7. The fraction of sp³-hybridized carbons (Fsp3) is 0. The van der Waals surface area contributed by atoms with Crippen LogP contribution in [0.3, 0.4) is 0 Å². The molecule has 4 heteroatoms. The summed E-state index contributed by atoms with van der Waals surface area (Å²) in [6.07, 6.45) is 3.81. The number of hydrogen-bond donors (Lipinski definition) is 0. The largest absolute Gasteiger partial charge is 0.456 e. The first-order chi connectivity index (χ1) is 20.8. The molecule has 2 aromatic heterocycles. The molecule has 0 atom stereocenters. The topological polar surface area (TPSA) is 39.9 Å². The van der Waals surface area contributed by atoms with Crippen LogP contribution < -0.4 is 4.74 Å². The van der Waals surface area contributed by atoms with Crippen LogP contribution in [0.5, 0.6) is 11.5 Å². The van der Waals surface area contributed by atoms with Crippen molar-refractivity contribution < 1.29 is 4.74 Å². The molecule has 0 N–H and O–H groups in total. The van der Waals surface area contributed by atoms with E-state index in [1.54, 1.807) is 0 Å². The van der Waals surface area contributed by atoms with Crippen LogP contribution in [-0.4, -0.2) is 14.5 Å². The maximum atomic E-state index is 6.34. The maximum absolute atomic E-state index is 6.34. The quantitative estimate of drug-likeness (QED) is 0.225. The number of nitrogens with zero attached hydrogens (tertiary/aromatic N) is 3. The van der Waals surface area contributed by atoms with E-state index in [1.165, 1.54) is 27.1 Å². The second-order valence-electron chi connectivity index (χ2n) is 10.7. The van der Waals surface area contributed by atoms with E-state index in [9.17, 15) is 0 Å². The van der Waals surface area contributed by atoms with Gasteiger partial charge in [-0.15, -0.1) is 0 Å². The molecule has 9 rings (SSSR count). The minimum Gasteiger partial charge on any atom is -0.456 e. The number of fused-ring (bicyclic) bond motifs is 5. The molecule has 0 fully saturated rings. The average molecular weight is 538 g/mol. The Bertz CT molecular complexity index is 2310. The highest BCUT2D eigenvalue weighted by Gasteiger charge is 2.21. The molecule has 0 amide bonds. The highest BCUT2D eigenvalue weighted by molar-refractivity contribution is 6.10. The third kappa shape index (κ3) is 3.42. The molecule has 1 aliphatic rings. The summed E-state index contributed by atoms with van der Waals surface area (Å²) >= 11 is 0. The zero-order chi connectivity index (χ0) is 27.6. The van der Waals surface area contributed by atoms with Gasteiger partial charge in [0, 0.05) is 39.7 Å². The van der Waals surface area contributed by atoms with Crippen LogP contribution in [0.4, 0.5) is 0 Å². The predicted molar refractivity (Wildman–Crippen MR) is 170 cm³/mol. The zero-order valence-electron chi connectivity index (χ0n) is 22.5. The van der Waals surface area contributed by atoms with Crippen molar-refractivity contribution in [2.24, 2.45) is 0 Å². The van der Waals surface area contributed by atoms with Crippen molar-refractivity contribution in [3.05, 3.63) is 140 Å². The van der Waals surface area contributed by atoms with Gasteiger partial charge in [0.1, 0.15) is 11.5 Å². The van der Waals surface area contributed by atoms with Crippen LogP contribution in [0.15, 0.2) is 140 Å². The summed E-state index contributed by atoms with van der Waals surface area (Å²) in [6, 6.07) is 44.6. The van der Waals surface area contributed by atoms with E-state index < -0.39 is 0 Å². The highest BCUT2D eigenvalue weighted by Crippen LogP contribution is 2.47. The fourth-order valence-electron chi connectivity index (χ4n) is 6.33. The Morgan fingerprint density at radius 3 is 2.10 bits per heavy atom. The molecule has 0 spiro atoms. The Morgan fingerprint density at radius 2 is 1.21 bits per heavy atom. The number of aromatic nitrogens is 3. The zero-order valence-corrected chi connectivity index (χ0v) is 22.5. The number of rotatable bonds is 3. The van der Waals surface area contributed by atoms with E-state index in [4.69, 9.17) is 14.7 Å². The summed E-state index contributed by atoms with van der Waals surface area (Å²) in [5, 5.41) is 4.70. The molecule has 0 bridgehead atoms. The van der Waals surface area contributed by atoms with Crippen molar-refractivity contribution in [2.75, 3.05) is 0 Å². The van der Waals surface area contributed by atoms with Crippen molar-refractivity contribution in [1.82, 2.24) is 14.5 Å². The van der Waals surface area contributed by atoms with Crippen LogP contribution in [-0.2, 0) is 0 Å². The summed E-state index contributed by atoms with van der Waals surface area (Å²) in [5.74, 6) is 2.46. The van der Waals surface area contributed by atoms with Gasteiger partial charge in [-0.25, -0.2) is 9.97 Å². The van der Waals surface area contributed by atoms with Gasteiger partial charge in [0.05, 0.1) is 11.0 Å². The Balaban J connectivity index is 1.18. The maximum Gasteiger partial charge on any atom is 0.234 e. The molecule has 0 radical (unpaired) electrons. The SMILES string of the molecule is c1ccc(-c2cnc(-n3c4ccccc4c4cc(-c5ccc6c(c5)-c5cccc7cccc(c57)O6)ccc43)nc2)cc1. The van der Waals surface area contributed by atoms with Gasteiger partial charge in [-0.3, -0.25) is 4.57 Å². The molecule has 0 saturated heterocycles. The molecular weight excluding hydrogens is 514 g/mol. The van der Waals surface area contributed by atoms with Crippen LogP contribution in [0.1, 0.15) is 0 Å². The van der Waals surface area contributed by atoms with Crippen LogP contribution in [0, 0.1) is 0 Å². The van der Waals surface area contributed by atoms with Gasteiger partial charge >= 0.3 is 0 Å². The molecule has 4 nitrogen and oxygen atoms in total. The first-order valence-electron chi connectivity index (χ1n) is 14.1. The Labute approximate surface area is 242 Å². The van der Waals surface area contributed by atoms with Gasteiger partial charge in [-0.1, -0.05) is 91.0 Å². The van der Waals surface area contributed by atoms with Gasteiger partial charge in [0.15, 0.2) is 0 Å². The summed E-state index contributed by atoms with van der Waals surface area (Å²) in [7, 11) is 0. The van der Waals surface area contributed by atoms with Crippen molar-refractivity contribution in [1.29, 1.82) is 0 Å². The summed E-state index contributed by atoms with van der Waals surface area (Å²) in [5.41, 5.74) is 8.89. The van der Waals surface area contributed by atoms with Crippen LogP contribution in [0.25, 0.3) is 71.9 Å². The Morgan fingerprint density at radius 1 is 0.476 bits per heavy atom. The van der Waals surface area contributed by atoms with Gasteiger partial charge in [0.2, 0.25) is 5.95 Å². The third-order valence-electron chi connectivity index (χ3n) is 8.31. The van der Waals surface area contributed by atoms with E-state index in [-0.39, 0.29) is 0 Å². The normalized spacial score (nSPS) is 12.0. The molecule has 8 aromatic rings. The summed E-state index contributed by atoms with van der Waals surface area (Å²) in [4.78, 5) is 9.60. The van der Waals surface area contributed by atoms with E-state index in [0.717, 1.165) is 50.3 Å². The van der Waals surface area contributed by atoms with Gasteiger partial charge in [-0.2, -0.15) is 0 Å². The predicted octanol–water partition coefficient (Wildman–Crippen LogP) is 9.83. The van der Waals surface area contributed by atoms with Crippen LogP contribution in [0.2, 0.25) is 0 Å². The smallest absolute Gasteiger partial charge is 0.234 e. The molecule has 42 heavy (non-hydrogen) atoms. The average Bonchev–Trinajstić information content (AvgIpc) is 3.39. The lowest BCUT2D eigenvalue weighted by Crippen LogP contribution is -2.00. The molecule has 0 aliphatic carbocycles. The first kappa shape index (κ1) is 23.0. The standard InChI is InChI=1S/C38H23N3O/c1-2-8-24(9-3-1)28-22-39-38(40-23-28)41-33-14-5-4-12-29(33)31-20-26(16-18-34(31)41)27-17-19-35-32(21-27)30-13-6-10-25-11-7-15-36(42-35)37(25)30/h1-23H. The number of para-hydroxylation sites is 1. The van der Waals surface area contributed by atoms with Crippen molar-refractivity contribution in [3.63, 3.8) is 0 Å². The molecular formula is C38H23N3O. The van der Waals surface area contributed by atoms with Crippen molar-refractivity contribution in [3.8, 4) is 50.8 Å². The number of hydrogen-bond acceptors (Lipinski definition) is 3. The highest BCUT2D eigenvalue weighted by atomic mass is 16.5. The summed E-state index contributed by atoms with van der Waals surface area (Å²) < 4.78 is 8.49. The van der Waals surface area contributed by atoms with Gasteiger partial charge in [0.25, 0.3) is 0 Å². The Hall–Kier alpha value is -5.74.